The quantitative estimate of drug-likeness (QED) is 0.821. The number of amides is 1. The fourth-order valence-corrected chi connectivity index (χ4v) is 1.55. The van der Waals surface area contributed by atoms with Crippen molar-refractivity contribution in [3.8, 4) is 0 Å². The molecule has 8 heteroatoms. The molecule has 0 spiro atoms. The third-order valence-electron chi connectivity index (χ3n) is 2.19. The van der Waals surface area contributed by atoms with Crippen molar-refractivity contribution in [2.45, 2.75) is 26.4 Å². The molecule has 0 radical (unpaired) electrons. The average Bonchev–Trinajstić information content (AvgIpc) is 2.32. The zero-order valence-corrected chi connectivity index (χ0v) is 12.7. The number of hydrogen-bond donors (Lipinski definition) is 2. The predicted molar refractivity (Wildman–Crippen MR) is 77.2 cm³/mol. The molecule has 20 heavy (non-hydrogen) atoms. The van der Waals surface area contributed by atoms with Gasteiger partial charge in [-0.3, -0.25) is 4.79 Å². The molecule has 1 amide bonds. The lowest BCUT2D eigenvalue weighted by Crippen LogP contribution is -2.35. The SMILES string of the molecule is Cn1ncc(NCCNC(=O)OC(C)(C)C)c(Cl)c1=O. The summed E-state index contributed by atoms with van der Waals surface area (Å²) in [6.07, 6.45) is 0.963. The normalized spacial score (nSPS) is 11.1. The van der Waals surface area contributed by atoms with Crippen LogP contribution in [0.3, 0.4) is 0 Å². The number of nitrogens with zero attached hydrogens (tertiary/aromatic N) is 2. The van der Waals surface area contributed by atoms with E-state index in [2.05, 4.69) is 15.7 Å². The number of rotatable bonds is 4. The molecule has 0 saturated carbocycles. The summed E-state index contributed by atoms with van der Waals surface area (Å²) in [7, 11) is 1.52. The molecule has 0 aliphatic rings. The minimum Gasteiger partial charge on any atom is -0.444 e. The van der Waals surface area contributed by atoms with E-state index < -0.39 is 11.7 Å². The average molecular weight is 303 g/mol. The lowest BCUT2D eigenvalue weighted by atomic mass is 10.2. The summed E-state index contributed by atoms with van der Waals surface area (Å²) in [6.45, 7) is 6.09. The van der Waals surface area contributed by atoms with Crippen LogP contribution in [0, 0.1) is 0 Å². The molecular formula is C12H19ClN4O3. The maximum absolute atomic E-state index is 11.5. The minimum atomic E-state index is -0.531. The summed E-state index contributed by atoms with van der Waals surface area (Å²) in [4.78, 5) is 22.9. The number of alkyl carbamates (subject to hydrolysis) is 1. The smallest absolute Gasteiger partial charge is 0.407 e. The van der Waals surface area contributed by atoms with Gasteiger partial charge in [0.1, 0.15) is 10.6 Å². The van der Waals surface area contributed by atoms with E-state index in [9.17, 15) is 9.59 Å². The number of ether oxygens (including phenoxy) is 1. The van der Waals surface area contributed by atoms with E-state index in [1.165, 1.54) is 13.2 Å². The number of aromatic nitrogens is 2. The lowest BCUT2D eigenvalue weighted by molar-refractivity contribution is 0.0530. The summed E-state index contributed by atoms with van der Waals surface area (Å²) in [6, 6.07) is 0. The predicted octanol–water partition coefficient (Wildman–Crippen LogP) is 1.37. The second kappa shape index (κ2) is 6.60. The highest BCUT2D eigenvalue weighted by atomic mass is 35.5. The Morgan fingerprint density at radius 1 is 1.45 bits per heavy atom. The highest BCUT2D eigenvalue weighted by Gasteiger charge is 2.15. The molecule has 1 aromatic rings. The Morgan fingerprint density at radius 3 is 2.70 bits per heavy atom. The van der Waals surface area contributed by atoms with E-state index in [1.54, 1.807) is 20.8 Å². The van der Waals surface area contributed by atoms with Gasteiger partial charge < -0.3 is 15.4 Å². The fraction of sp³-hybridized carbons (Fsp3) is 0.583. The van der Waals surface area contributed by atoms with Gasteiger partial charge in [-0.15, -0.1) is 0 Å². The lowest BCUT2D eigenvalue weighted by Gasteiger charge is -2.19. The molecule has 0 atom stereocenters. The number of aryl methyl sites for hydroxylation is 1. The van der Waals surface area contributed by atoms with Gasteiger partial charge in [-0.2, -0.15) is 5.10 Å². The van der Waals surface area contributed by atoms with Crippen LogP contribution in [0.25, 0.3) is 0 Å². The zero-order chi connectivity index (χ0) is 15.3. The van der Waals surface area contributed by atoms with Crippen molar-refractivity contribution in [2.24, 2.45) is 7.05 Å². The van der Waals surface area contributed by atoms with E-state index in [1.807, 2.05) is 0 Å². The molecule has 0 unspecified atom stereocenters. The van der Waals surface area contributed by atoms with Crippen molar-refractivity contribution in [2.75, 3.05) is 18.4 Å². The largest absolute Gasteiger partial charge is 0.444 e. The number of hydrogen-bond acceptors (Lipinski definition) is 5. The molecule has 0 saturated heterocycles. The van der Waals surface area contributed by atoms with Crippen LogP contribution < -0.4 is 16.2 Å². The van der Waals surface area contributed by atoms with Crippen molar-refractivity contribution < 1.29 is 9.53 Å². The third kappa shape index (κ3) is 5.08. The molecule has 0 fully saturated rings. The number of anilines is 1. The summed E-state index contributed by atoms with van der Waals surface area (Å²) < 4.78 is 6.22. The van der Waals surface area contributed by atoms with Crippen LogP contribution in [0.1, 0.15) is 20.8 Å². The van der Waals surface area contributed by atoms with Crippen LogP contribution in [0.15, 0.2) is 11.0 Å². The number of halogens is 1. The Labute approximate surface area is 122 Å². The van der Waals surface area contributed by atoms with Gasteiger partial charge in [-0.1, -0.05) is 11.6 Å². The van der Waals surface area contributed by atoms with Gasteiger partial charge in [-0.25, -0.2) is 9.48 Å². The van der Waals surface area contributed by atoms with Crippen molar-refractivity contribution in [3.63, 3.8) is 0 Å². The Morgan fingerprint density at radius 2 is 2.10 bits per heavy atom. The van der Waals surface area contributed by atoms with E-state index in [0.29, 0.717) is 18.8 Å². The number of nitrogens with one attached hydrogen (secondary N) is 2. The second-order valence-corrected chi connectivity index (χ2v) is 5.53. The van der Waals surface area contributed by atoms with E-state index in [-0.39, 0.29) is 10.6 Å². The van der Waals surface area contributed by atoms with Gasteiger partial charge in [-0.05, 0) is 20.8 Å². The monoisotopic (exact) mass is 302 g/mol. The van der Waals surface area contributed by atoms with Crippen LogP contribution in [0.4, 0.5) is 10.5 Å². The van der Waals surface area contributed by atoms with Gasteiger partial charge in [0, 0.05) is 20.1 Å². The van der Waals surface area contributed by atoms with Gasteiger partial charge >= 0.3 is 6.09 Å². The van der Waals surface area contributed by atoms with Gasteiger partial charge in [0.2, 0.25) is 0 Å². The van der Waals surface area contributed by atoms with Crippen LogP contribution in [-0.2, 0) is 11.8 Å². The molecule has 0 bridgehead atoms. The molecule has 1 aromatic heterocycles. The molecule has 2 N–H and O–H groups in total. The first-order valence-electron chi connectivity index (χ1n) is 6.13. The van der Waals surface area contributed by atoms with E-state index >= 15 is 0 Å². The Hall–Kier alpha value is -1.76. The topological polar surface area (TPSA) is 85.2 Å². The standard InChI is InChI=1S/C12H19ClN4O3/c1-12(2,3)20-11(19)15-6-5-14-8-7-16-17(4)10(18)9(8)13/h7,14H,5-6H2,1-4H3,(H,15,19). The highest BCUT2D eigenvalue weighted by molar-refractivity contribution is 6.32. The van der Waals surface area contributed by atoms with Crippen molar-refractivity contribution in [1.29, 1.82) is 0 Å². The van der Waals surface area contributed by atoms with Crippen LogP contribution >= 0.6 is 11.6 Å². The molecule has 0 aliphatic carbocycles. The van der Waals surface area contributed by atoms with Gasteiger partial charge in [0.25, 0.3) is 5.56 Å². The summed E-state index contributed by atoms with van der Waals surface area (Å²) in [5.74, 6) is 0. The summed E-state index contributed by atoms with van der Waals surface area (Å²) in [5.41, 5.74) is -0.478. The molecule has 112 valence electrons. The zero-order valence-electron chi connectivity index (χ0n) is 12.0. The Balaban J connectivity index is 2.41. The first kappa shape index (κ1) is 16.3. The molecular weight excluding hydrogens is 284 g/mol. The maximum Gasteiger partial charge on any atom is 0.407 e. The van der Waals surface area contributed by atoms with Gasteiger partial charge in [0.05, 0.1) is 11.9 Å². The molecule has 1 rings (SSSR count). The molecule has 7 nitrogen and oxygen atoms in total. The van der Waals surface area contributed by atoms with Crippen LogP contribution in [0.5, 0.6) is 0 Å². The third-order valence-corrected chi connectivity index (χ3v) is 2.55. The highest BCUT2D eigenvalue weighted by Crippen LogP contribution is 2.14. The van der Waals surface area contributed by atoms with Crippen LogP contribution in [-0.4, -0.2) is 34.6 Å². The number of carbonyl (C=O) groups is 1. The Kier molecular flexibility index (Phi) is 5.38. The molecule has 0 aromatic carbocycles. The van der Waals surface area contributed by atoms with Crippen LogP contribution in [0.2, 0.25) is 5.02 Å². The first-order chi connectivity index (χ1) is 9.20. The molecule has 1 heterocycles. The van der Waals surface area contributed by atoms with Crippen molar-refractivity contribution in [1.82, 2.24) is 15.1 Å². The molecule has 0 aliphatic heterocycles. The van der Waals surface area contributed by atoms with Crippen molar-refractivity contribution in [3.05, 3.63) is 21.6 Å². The maximum atomic E-state index is 11.5. The number of carbonyl (C=O) groups excluding carboxylic acids is 1. The summed E-state index contributed by atoms with van der Waals surface area (Å²) in [5, 5.41) is 9.42. The van der Waals surface area contributed by atoms with E-state index in [4.69, 9.17) is 16.3 Å². The second-order valence-electron chi connectivity index (χ2n) is 5.16. The summed E-state index contributed by atoms with van der Waals surface area (Å²) >= 11 is 5.88. The van der Waals surface area contributed by atoms with Gasteiger partial charge in [0.15, 0.2) is 0 Å². The first-order valence-corrected chi connectivity index (χ1v) is 6.51. The minimum absolute atomic E-state index is 0.0692. The van der Waals surface area contributed by atoms with E-state index in [0.717, 1.165) is 4.68 Å². The Bertz CT molecular complexity index is 536. The fourth-order valence-electron chi connectivity index (χ4n) is 1.31. The van der Waals surface area contributed by atoms with Crippen molar-refractivity contribution >= 4 is 23.4 Å².